The summed E-state index contributed by atoms with van der Waals surface area (Å²) < 4.78 is 203. The van der Waals surface area contributed by atoms with E-state index in [4.69, 9.17) is 24.7 Å². The molecule has 1 saturated carbocycles. The predicted octanol–water partition coefficient (Wildman–Crippen LogP) is 4.99. The minimum absolute atomic E-state index is 0.317. The largest absolute Gasteiger partial charge is 0.586 e. The number of nitrogens with zero attached hydrogens (tertiary/aromatic N) is 1. The fourth-order valence-corrected chi connectivity index (χ4v) is 3.80. The zero-order valence-electron chi connectivity index (χ0n) is 37.1. The Labute approximate surface area is 237 Å². The normalized spacial score (nSPS) is 31.3. The molecule has 0 radical (unpaired) electrons. The van der Waals surface area contributed by atoms with Gasteiger partial charge in [-0.15, -0.1) is 8.78 Å². The van der Waals surface area contributed by atoms with E-state index in [2.05, 4.69) is 9.47 Å². The SMILES string of the molecule is [2H]c1c([2H])c(C2(C(=O)Cc3c(F)c([2H])c4c(c3[2H])c([2H])c(C(C)(C([2H])([2H])[2H])C([2H])([2H])C)n4C[C@]([2H])(O)C([2H])([2H])O)C([2H])([2H])C2([2H])[2H])c([2H])c2c1OC(F)(F)O2. The van der Waals surface area contributed by atoms with Gasteiger partial charge in [-0.2, -0.15) is 0 Å². The molecule has 198 valence electrons. The summed E-state index contributed by atoms with van der Waals surface area (Å²) in [6.45, 7) is -7.39. The molecule has 2 heterocycles. The quantitative estimate of drug-likeness (QED) is 0.404. The molecule has 0 bridgehead atoms. The second kappa shape index (κ2) is 8.77. The van der Waals surface area contributed by atoms with Crippen molar-refractivity contribution in [3.05, 3.63) is 58.9 Å². The fourth-order valence-electron chi connectivity index (χ4n) is 3.80. The summed E-state index contributed by atoms with van der Waals surface area (Å²) in [4.78, 5) is 14.3. The number of benzene rings is 2. The Bertz CT molecular complexity index is 2150. The highest BCUT2D eigenvalue weighted by molar-refractivity contribution is 5.95. The van der Waals surface area contributed by atoms with E-state index in [0.717, 1.165) is 13.8 Å². The number of carbonyl (C=O) groups excluding carboxylic acids is 1. The van der Waals surface area contributed by atoms with Gasteiger partial charge in [-0.3, -0.25) is 4.79 Å². The van der Waals surface area contributed by atoms with E-state index in [1.165, 1.54) is 0 Å². The lowest BCUT2D eigenvalue weighted by Crippen LogP contribution is -2.26. The van der Waals surface area contributed by atoms with Crippen molar-refractivity contribution < 1.29 is 62.3 Å². The van der Waals surface area contributed by atoms with Gasteiger partial charge in [0.1, 0.15) is 11.6 Å². The fraction of sp³-hybridized carbons (Fsp3) is 0.464. The van der Waals surface area contributed by atoms with Crippen LogP contribution in [0.15, 0.2) is 36.3 Å². The number of hydrogen-bond acceptors (Lipinski definition) is 5. The van der Waals surface area contributed by atoms with Crippen molar-refractivity contribution >= 4 is 16.7 Å². The maximum atomic E-state index is 16.4. The van der Waals surface area contributed by atoms with Gasteiger partial charge in [0.25, 0.3) is 0 Å². The Morgan fingerprint density at radius 2 is 2.05 bits per heavy atom. The standard InChI is InChI=1S/C28H30F3NO5/c1-4-26(2,3)24-10-17-9-16(20(29)13-21(17)32(24)14-19(34)15-33)11-25(35)27(7-8-27)18-5-6-22-23(12-18)37-28(30,31)36-22/h5-6,9-10,12-13,19,33-34H,4,7-8,11,14-15H2,1-3H3/t19-/m0/s1/i2D3,4D2,5D,6D,7D2,8D2,9D,10D,12D,13D,15D2,19D/t19-,26?. The zero-order chi connectivity index (χ0) is 42.6. The van der Waals surface area contributed by atoms with Crippen LogP contribution in [0.4, 0.5) is 13.2 Å². The molecule has 1 aliphatic carbocycles. The molecule has 37 heavy (non-hydrogen) atoms. The second-order valence-electron chi connectivity index (χ2n) is 8.44. The first-order valence-electron chi connectivity index (χ1n) is 19.6. The van der Waals surface area contributed by atoms with Gasteiger partial charge in [0.15, 0.2) is 11.5 Å². The minimum atomic E-state index is -4.49. The van der Waals surface area contributed by atoms with Crippen LogP contribution >= 0.6 is 0 Å². The van der Waals surface area contributed by atoms with Crippen molar-refractivity contribution in [1.82, 2.24) is 4.57 Å². The van der Waals surface area contributed by atoms with E-state index in [1.807, 2.05) is 0 Å². The van der Waals surface area contributed by atoms with Crippen LogP contribution in [0.25, 0.3) is 10.9 Å². The first kappa shape index (κ1) is 11.8. The van der Waals surface area contributed by atoms with Gasteiger partial charge >= 0.3 is 6.29 Å². The summed E-state index contributed by atoms with van der Waals surface area (Å²) in [7, 11) is 0. The summed E-state index contributed by atoms with van der Waals surface area (Å²) >= 11 is 0. The Hall–Kier alpha value is -3.04. The molecule has 2 aliphatic rings. The van der Waals surface area contributed by atoms with E-state index >= 15 is 4.39 Å². The number of rotatable bonds is 9. The first-order valence-corrected chi connectivity index (χ1v) is 10.6. The third-order valence-corrected chi connectivity index (χ3v) is 5.89. The lowest BCUT2D eigenvalue weighted by Gasteiger charge is -2.26. The summed E-state index contributed by atoms with van der Waals surface area (Å²) in [5, 5.41) is 19.6. The van der Waals surface area contributed by atoms with E-state index in [-0.39, 0.29) is 0 Å². The zero-order valence-corrected chi connectivity index (χ0v) is 19.1. The van der Waals surface area contributed by atoms with Gasteiger partial charge in [-0.05, 0) is 60.5 Å². The van der Waals surface area contributed by atoms with Crippen LogP contribution < -0.4 is 9.47 Å². The Kier molecular flexibility index (Phi) is 2.79. The van der Waals surface area contributed by atoms with Gasteiger partial charge in [0.05, 0.1) is 42.5 Å². The number of carbonyl (C=O) groups is 1. The average Bonchev–Trinajstić information content (AvgIpc) is 3.27. The molecule has 1 fully saturated rings. The van der Waals surface area contributed by atoms with Crippen LogP contribution in [0.2, 0.25) is 0 Å². The molecular formula is C28H30F3NO5. The van der Waals surface area contributed by atoms with E-state index in [0.29, 0.717) is 4.57 Å². The molecule has 0 spiro atoms. The molecule has 2 aromatic carbocycles. The summed E-state index contributed by atoms with van der Waals surface area (Å²) in [5.74, 6) is -6.05. The number of hydrogen-bond donors (Lipinski definition) is 2. The van der Waals surface area contributed by atoms with Crippen molar-refractivity contribution in [2.75, 3.05) is 6.56 Å². The lowest BCUT2D eigenvalue weighted by atomic mass is 9.86. The molecule has 1 aromatic heterocycles. The molecule has 2 N–H and O–H groups in total. The van der Waals surface area contributed by atoms with Gasteiger partial charge < -0.3 is 24.3 Å². The summed E-state index contributed by atoms with van der Waals surface area (Å²) in [6, 6.07) is -7.82. The predicted molar refractivity (Wildman–Crippen MR) is 131 cm³/mol. The molecule has 1 aliphatic heterocycles. The van der Waals surface area contributed by atoms with Crippen LogP contribution in [-0.2, 0) is 28.6 Å². The van der Waals surface area contributed by atoms with E-state index < -0.39 is 156 Å². The van der Waals surface area contributed by atoms with Crippen molar-refractivity contribution in [1.29, 1.82) is 0 Å². The third kappa shape index (κ3) is 4.48. The second-order valence-corrected chi connectivity index (χ2v) is 8.44. The number of Topliss-reactive ketones (excluding diaryl/α,β-unsaturated/α-hetero) is 1. The van der Waals surface area contributed by atoms with Gasteiger partial charge in [-0.1, -0.05) is 26.7 Å². The number of fused-ring (bicyclic) bond motifs is 2. The molecular weight excluding hydrogens is 487 g/mol. The Morgan fingerprint density at radius 1 is 1.32 bits per heavy atom. The van der Waals surface area contributed by atoms with Crippen LogP contribution in [0.3, 0.4) is 0 Å². The average molecular weight is 536 g/mol. The van der Waals surface area contributed by atoms with Crippen molar-refractivity contribution in [3.63, 3.8) is 0 Å². The molecule has 5 rings (SSSR count). The molecule has 3 aromatic rings. The minimum Gasteiger partial charge on any atom is -0.395 e. The third-order valence-electron chi connectivity index (χ3n) is 5.89. The molecule has 1 unspecified atom stereocenters. The number of ketones is 1. The monoisotopic (exact) mass is 535 g/mol. The molecule has 0 saturated heterocycles. The van der Waals surface area contributed by atoms with Gasteiger partial charge in [0.2, 0.25) is 0 Å². The first-order chi connectivity index (χ1) is 24.4. The van der Waals surface area contributed by atoms with Gasteiger partial charge in [-0.25, -0.2) is 4.39 Å². The number of aliphatic hydroxyl groups is 2. The maximum Gasteiger partial charge on any atom is 0.586 e. The number of ether oxygens (including phenoxy) is 2. The van der Waals surface area contributed by atoms with Crippen LogP contribution in [0, 0.1) is 5.82 Å². The highest BCUT2D eigenvalue weighted by atomic mass is 19.3. The van der Waals surface area contributed by atoms with Crippen LogP contribution in [-0.4, -0.2) is 39.5 Å². The topological polar surface area (TPSA) is 80.9 Å². The molecule has 2 atom stereocenters. The summed E-state index contributed by atoms with van der Waals surface area (Å²) in [6.07, 6.45) is -19.5. The molecule has 0 amide bonds. The molecule has 9 heteroatoms. The van der Waals surface area contributed by atoms with E-state index in [9.17, 15) is 23.8 Å². The van der Waals surface area contributed by atoms with Gasteiger partial charge in [0, 0.05) is 35.3 Å². The highest BCUT2D eigenvalue weighted by Crippen LogP contribution is 2.52. The number of alkyl halides is 2. The Morgan fingerprint density at radius 3 is 2.70 bits per heavy atom. The lowest BCUT2D eigenvalue weighted by molar-refractivity contribution is -0.286. The molecule has 6 nitrogen and oxygen atoms in total. The Balaban J connectivity index is 1.84. The van der Waals surface area contributed by atoms with Crippen LogP contribution in [0.5, 0.6) is 11.5 Å². The summed E-state index contributed by atoms with van der Waals surface area (Å²) in [5.41, 5.74) is -10.8. The van der Waals surface area contributed by atoms with Crippen molar-refractivity contribution in [2.24, 2.45) is 0 Å². The number of halogens is 3. The maximum absolute atomic E-state index is 16.4. The smallest absolute Gasteiger partial charge is 0.395 e. The highest BCUT2D eigenvalue weighted by Gasteiger charge is 2.52. The number of aromatic nitrogens is 1. The van der Waals surface area contributed by atoms with E-state index in [1.54, 1.807) is 0 Å². The van der Waals surface area contributed by atoms with Crippen LogP contribution in [0.1, 0.15) is 81.3 Å². The van der Waals surface area contributed by atoms with Crippen molar-refractivity contribution in [2.45, 2.75) is 76.0 Å². The van der Waals surface area contributed by atoms with Crippen molar-refractivity contribution in [3.8, 4) is 11.5 Å².